The van der Waals surface area contributed by atoms with Gasteiger partial charge in [0.05, 0.1) is 23.9 Å². The highest BCUT2D eigenvalue weighted by atomic mass is 19.1. The van der Waals surface area contributed by atoms with E-state index in [4.69, 9.17) is 9.47 Å². The standard InChI is InChI=1S/C37H40FN3O6/c1-24-20-41(25(2)23-42)37(45)29-12-9-14-31(39-36(44)34(43)27-10-5-4-6-11-27)35(29)47-33(24)22-40(3)21-26-16-18-28(19-17-26)46-32-15-8-7-13-30(32)38/h4-19,24-25,33-34,42-43H,20-23H2,1-3H3,(H,39,44)/t24-,25?,33-,34?/m1/s1. The van der Waals surface area contributed by atoms with Gasteiger partial charge >= 0.3 is 0 Å². The monoisotopic (exact) mass is 641 g/mol. The lowest BCUT2D eigenvalue weighted by atomic mass is 9.98. The molecule has 2 amide bonds. The van der Waals surface area contributed by atoms with Crippen LogP contribution in [-0.4, -0.2) is 70.7 Å². The fourth-order valence-corrected chi connectivity index (χ4v) is 5.55. The number of aliphatic hydroxyl groups is 2. The van der Waals surface area contributed by atoms with Crippen LogP contribution in [0.5, 0.6) is 17.2 Å². The summed E-state index contributed by atoms with van der Waals surface area (Å²) in [6.45, 7) is 4.95. The number of fused-ring (bicyclic) bond motifs is 1. The third-order valence-corrected chi connectivity index (χ3v) is 8.24. The molecule has 10 heteroatoms. The molecule has 2 unspecified atom stereocenters. The van der Waals surface area contributed by atoms with Crippen LogP contribution in [0.1, 0.15) is 41.4 Å². The molecule has 4 atom stereocenters. The number of hydrogen-bond acceptors (Lipinski definition) is 7. The van der Waals surface area contributed by atoms with Gasteiger partial charge in [-0.1, -0.05) is 67.6 Å². The number of aliphatic hydroxyl groups excluding tert-OH is 2. The molecule has 3 N–H and O–H groups in total. The van der Waals surface area contributed by atoms with Gasteiger partial charge in [-0.25, -0.2) is 4.39 Å². The molecule has 0 radical (unpaired) electrons. The molecule has 0 bridgehead atoms. The van der Waals surface area contributed by atoms with Gasteiger partial charge in [0.15, 0.2) is 23.4 Å². The molecule has 5 rings (SSSR count). The number of likely N-dealkylation sites (N-methyl/N-ethyl adjacent to an activating group) is 1. The number of ether oxygens (including phenoxy) is 2. The minimum Gasteiger partial charge on any atom is -0.486 e. The van der Waals surface area contributed by atoms with Crippen LogP contribution in [0.3, 0.4) is 0 Å². The van der Waals surface area contributed by atoms with E-state index in [9.17, 15) is 24.2 Å². The van der Waals surface area contributed by atoms with Crippen molar-refractivity contribution in [3.8, 4) is 17.2 Å². The second kappa shape index (κ2) is 15.2. The fourth-order valence-electron chi connectivity index (χ4n) is 5.55. The maximum Gasteiger partial charge on any atom is 0.258 e. The van der Waals surface area contributed by atoms with Crippen LogP contribution in [0.2, 0.25) is 0 Å². The van der Waals surface area contributed by atoms with E-state index in [1.807, 2.05) is 26.1 Å². The van der Waals surface area contributed by atoms with Gasteiger partial charge in [-0.15, -0.1) is 0 Å². The Labute approximate surface area is 274 Å². The van der Waals surface area contributed by atoms with Crippen LogP contribution in [0.25, 0.3) is 0 Å². The lowest BCUT2D eigenvalue weighted by Crippen LogP contribution is -2.49. The molecule has 1 heterocycles. The van der Waals surface area contributed by atoms with Crippen LogP contribution in [0.15, 0.2) is 97.1 Å². The van der Waals surface area contributed by atoms with Crippen LogP contribution < -0.4 is 14.8 Å². The van der Waals surface area contributed by atoms with Crippen LogP contribution in [-0.2, 0) is 11.3 Å². The van der Waals surface area contributed by atoms with E-state index in [1.165, 1.54) is 6.07 Å². The summed E-state index contributed by atoms with van der Waals surface area (Å²) in [6, 6.07) is 26.7. The number of para-hydroxylation sites is 2. The van der Waals surface area contributed by atoms with Gasteiger partial charge in [-0.2, -0.15) is 0 Å². The molecule has 0 fully saturated rings. The summed E-state index contributed by atoms with van der Waals surface area (Å²) in [5.41, 5.74) is 1.95. The van der Waals surface area contributed by atoms with E-state index in [-0.39, 0.29) is 41.2 Å². The fraction of sp³-hybridized carbons (Fsp3) is 0.297. The van der Waals surface area contributed by atoms with Crippen LogP contribution >= 0.6 is 0 Å². The zero-order valence-electron chi connectivity index (χ0n) is 26.7. The van der Waals surface area contributed by atoms with Crippen molar-refractivity contribution in [3.63, 3.8) is 0 Å². The Morgan fingerprint density at radius 1 is 1.04 bits per heavy atom. The van der Waals surface area contributed by atoms with Crippen LogP contribution in [0, 0.1) is 11.7 Å². The molecule has 1 aliphatic rings. The Morgan fingerprint density at radius 3 is 2.45 bits per heavy atom. The summed E-state index contributed by atoms with van der Waals surface area (Å²) in [4.78, 5) is 30.7. The third-order valence-electron chi connectivity index (χ3n) is 8.24. The number of carbonyl (C=O) groups is 2. The molecule has 246 valence electrons. The van der Waals surface area contributed by atoms with Crippen molar-refractivity contribution in [2.24, 2.45) is 5.92 Å². The molecule has 9 nitrogen and oxygen atoms in total. The highest BCUT2D eigenvalue weighted by molar-refractivity contribution is 6.02. The molecule has 0 spiro atoms. The summed E-state index contributed by atoms with van der Waals surface area (Å²) in [7, 11) is 1.96. The number of amides is 2. The zero-order valence-corrected chi connectivity index (χ0v) is 26.7. The topological polar surface area (TPSA) is 112 Å². The summed E-state index contributed by atoms with van der Waals surface area (Å²) < 4.78 is 26.3. The number of rotatable bonds is 11. The summed E-state index contributed by atoms with van der Waals surface area (Å²) in [5, 5.41) is 23.5. The number of benzene rings is 4. The highest BCUT2D eigenvalue weighted by Crippen LogP contribution is 2.35. The van der Waals surface area contributed by atoms with E-state index in [1.54, 1.807) is 90.7 Å². The number of nitrogens with zero attached hydrogens (tertiary/aromatic N) is 2. The van der Waals surface area contributed by atoms with Crippen molar-refractivity contribution in [1.29, 1.82) is 0 Å². The quantitative estimate of drug-likeness (QED) is 0.194. The Bertz CT molecular complexity index is 1670. The number of halogens is 1. The predicted molar refractivity (Wildman–Crippen MR) is 177 cm³/mol. The van der Waals surface area contributed by atoms with Crippen LogP contribution in [0.4, 0.5) is 10.1 Å². The second-order valence-electron chi connectivity index (χ2n) is 12.0. The summed E-state index contributed by atoms with van der Waals surface area (Å²) >= 11 is 0. The Balaban J connectivity index is 1.36. The maximum absolute atomic E-state index is 14.0. The van der Waals surface area contributed by atoms with E-state index in [0.29, 0.717) is 30.9 Å². The number of hydrogen-bond donors (Lipinski definition) is 3. The average Bonchev–Trinajstić information content (AvgIpc) is 3.08. The molecule has 1 aliphatic heterocycles. The Morgan fingerprint density at radius 2 is 1.74 bits per heavy atom. The van der Waals surface area contributed by atoms with Crippen molar-refractivity contribution >= 4 is 17.5 Å². The Kier molecular flexibility index (Phi) is 10.9. The number of anilines is 1. The van der Waals surface area contributed by atoms with E-state index in [2.05, 4.69) is 10.2 Å². The minimum atomic E-state index is -1.42. The minimum absolute atomic E-state index is 0.154. The van der Waals surface area contributed by atoms with Crippen molar-refractivity contribution in [1.82, 2.24) is 9.80 Å². The van der Waals surface area contributed by atoms with Gasteiger partial charge in [-0.3, -0.25) is 14.5 Å². The van der Waals surface area contributed by atoms with Gasteiger partial charge in [0, 0.05) is 25.6 Å². The number of nitrogens with one attached hydrogen (secondary N) is 1. The first kappa shape index (κ1) is 33.6. The lowest BCUT2D eigenvalue weighted by molar-refractivity contribution is -0.124. The normalized spacial score (nSPS) is 17.6. The van der Waals surface area contributed by atoms with Gasteiger partial charge in [0.1, 0.15) is 11.9 Å². The third kappa shape index (κ3) is 8.15. The molecule has 0 aromatic heterocycles. The molecule has 0 aliphatic carbocycles. The first-order valence-electron chi connectivity index (χ1n) is 15.6. The summed E-state index contributed by atoms with van der Waals surface area (Å²) in [5.74, 6) is -0.689. The summed E-state index contributed by atoms with van der Waals surface area (Å²) in [6.07, 6.45) is -1.84. The molecular formula is C37H40FN3O6. The largest absolute Gasteiger partial charge is 0.486 e. The maximum atomic E-state index is 14.0. The first-order chi connectivity index (χ1) is 22.6. The van der Waals surface area contributed by atoms with Gasteiger partial charge in [0.2, 0.25) is 0 Å². The average molecular weight is 642 g/mol. The number of carbonyl (C=O) groups excluding carboxylic acids is 2. The zero-order chi connectivity index (χ0) is 33.5. The van der Waals surface area contributed by atoms with Crippen molar-refractivity contribution in [2.75, 3.05) is 32.1 Å². The van der Waals surface area contributed by atoms with E-state index < -0.39 is 30.0 Å². The van der Waals surface area contributed by atoms with Gasteiger partial charge in [0.25, 0.3) is 11.8 Å². The Hall–Kier alpha value is -4.77. The van der Waals surface area contributed by atoms with Crippen molar-refractivity contribution in [3.05, 3.63) is 120 Å². The highest BCUT2D eigenvalue weighted by Gasteiger charge is 2.35. The lowest BCUT2D eigenvalue weighted by Gasteiger charge is -2.38. The molecule has 4 aromatic carbocycles. The predicted octanol–water partition coefficient (Wildman–Crippen LogP) is 5.64. The molecule has 0 saturated heterocycles. The van der Waals surface area contributed by atoms with Gasteiger partial charge < -0.3 is 29.9 Å². The van der Waals surface area contributed by atoms with Gasteiger partial charge in [-0.05, 0) is 61.5 Å². The smallest absolute Gasteiger partial charge is 0.258 e. The van der Waals surface area contributed by atoms with Crippen molar-refractivity contribution < 1.29 is 33.7 Å². The molecular weight excluding hydrogens is 601 g/mol. The second-order valence-corrected chi connectivity index (χ2v) is 12.0. The molecule has 47 heavy (non-hydrogen) atoms. The molecule has 0 saturated carbocycles. The molecule has 4 aromatic rings. The SMILES string of the molecule is CC(CO)N1C[C@@H](C)[C@@H](CN(C)Cc2ccc(Oc3ccccc3F)cc2)Oc2c(NC(=O)C(O)c3ccccc3)cccc2C1=O. The van der Waals surface area contributed by atoms with E-state index >= 15 is 0 Å². The first-order valence-corrected chi connectivity index (χ1v) is 15.6. The van der Waals surface area contributed by atoms with Crippen molar-refractivity contribution in [2.45, 2.75) is 38.6 Å². The van der Waals surface area contributed by atoms with E-state index in [0.717, 1.165) is 5.56 Å².